The highest BCUT2D eigenvalue weighted by atomic mass is 19.1. The van der Waals surface area contributed by atoms with E-state index in [1.54, 1.807) is 30.3 Å². The van der Waals surface area contributed by atoms with Crippen LogP contribution in [0.15, 0.2) is 18.2 Å². The number of rotatable bonds is 3. The van der Waals surface area contributed by atoms with Crippen molar-refractivity contribution in [3.63, 3.8) is 0 Å². The second kappa shape index (κ2) is 5.93. The van der Waals surface area contributed by atoms with Crippen LogP contribution in [-0.2, 0) is 9.47 Å². The fraction of sp³-hybridized carbons (Fsp3) is 0.500. The lowest BCUT2D eigenvalue weighted by molar-refractivity contribution is -0.0175. The van der Waals surface area contributed by atoms with Crippen LogP contribution in [0.1, 0.15) is 10.4 Å². The molecule has 0 radical (unpaired) electrons. The van der Waals surface area contributed by atoms with Crippen LogP contribution in [0.5, 0.6) is 0 Å². The molecule has 0 bridgehead atoms. The molecule has 1 fully saturated rings. The summed E-state index contributed by atoms with van der Waals surface area (Å²) in [6, 6.07) is 4.96. The molecule has 2 heterocycles. The number of carbonyl (C=O) groups excluding carboxylic acids is 1. The number of fused-ring (bicyclic) bond motifs is 1. The van der Waals surface area contributed by atoms with E-state index in [0.717, 1.165) is 0 Å². The molecular formula is C14H18FN3O5. The van der Waals surface area contributed by atoms with Gasteiger partial charge in [0.2, 0.25) is 0 Å². The number of halogens is 1. The lowest BCUT2D eigenvalue weighted by atomic mass is 10.1. The number of nitrogens with zero attached hydrogens (tertiary/aromatic N) is 2. The van der Waals surface area contributed by atoms with Crippen LogP contribution in [0.4, 0.5) is 15.8 Å². The highest BCUT2D eigenvalue weighted by molar-refractivity contribution is 6.00. The number of methoxy groups -OCH3 is 1. The largest absolute Gasteiger partial charge is 0.465 e. The minimum atomic E-state index is -1.70. The molecular weight excluding hydrogens is 309 g/mol. The molecule has 0 unspecified atom stereocenters. The predicted molar refractivity (Wildman–Crippen MR) is 78.4 cm³/mol. The Hall–Kier alpha value is -1.94. The zero-order valence-electron chi connectivity index (χ0n) is 12.6. The van der Waals surface area contributed by atoms with Crippen molar-refractivity contribution in [2.75, 3.05) is 30.8 Å². The maximum atomic E-state index is 13.9. The zero-order valence-corrected chi connectivity index (χ0v) is 12.6. The van der Waals surface area contributed by atoms with Gasteiger partial charge in [-0.15, -0.1) is 5.53 Å². The van der Waals surface area contributed by atoms with Crippen molar-refractivity contribution in [1.82, 2.24) is 5.53 Å². The molecule has 0 aromatic heterocycles. The number of anilines is 2. The van der Waals surface area contributed by atoms with Crippen LogP contribution in [-0.4, -0.2) is 61.6 Å². The van der Waals surface area contributed by atoms with Gasteiger partial charge in [0.25, 0.3) is 0 Å². The molecule has 3 N–H and O–H groups in total. The third kappa shape index (κ3) is 2.41. The van der Waals surface area contributed by atoms with Crippen molar-refractivity contribution in [3.05, 3.63) is 23.8 Å². The maximum Gasteiger partial charge on any atom is 0.340 e. The number of carbonyl (C=O) groups is 1. The van der Waals surface area contributed by atoms with E-state index in [9.17, 15) is 14.3 Å². The van der Waals surface area contributed by atoms with Gasteiger partial charge in [-0.2, -0.15) is 0 Å². The Balaban J connectivity index is 1.97. The Morgan fingerprint density at radius 3 is 2.87 bits per heavy atom. The number of nitrogens with one attached hydrogen (secondary N) is 1. The molecule has 4 atom stereocenters. The smallest absolute Gasteiger partial charge is 0.340 e. The molecule has 0 amide bonds. The predicted octanol–water partition coefficient (Wildman–Crippen LogP) is -0.435. The maximum absolute atomic E-state index is 13.9. The topological polar surface area (TPSA) is 94.5 Å². The number of esters is 1. The highest BCUT2D eigenvalue weighted by Gasteiger charge is 2.49. The molecule has 126 valence electrons. The highest BCUT2D eigenvalue weighted by Crippen LogP contribution is 2.39. The summed E-state index contributed by atoms with van der Waals surface area (Å²) in [5, 5.41) is 22.2. The third-order valence-corrected chi connectivity index (χ3v) is 3.99. The average Bonchev–Trinajstić information content (AvgIpc) is 3.05. The summed E-state index contributed by atoms with van der Waals surface area (Å²) in [7, 11) is 2.95. The van der Waals surface area contributed by atoms with Crippen molar-refractivity contribution in [2.45, 2.75) is 24.6 Å². The molecule has 0 saturated carbocycles. The number of hydrogen-bond donors (Lipinski definition) is 3. The van der Waals surface area contributed by atoms with Gasteiger partial charge in [-0.25, -0.2) is 9.18 Å². The monoisotopic (exact) mass is 327 g/mol. The summed E-state index contributed by atoms with van der Waals surface area (Å²) in [4.78, 5) is 11.9. The first-order chi connectivity index (χ1) is 11.0. The molecule has 3 rings (SSSR count). The second-order valence-electron chi connectivity index (χ2n) is 5.38. The number of hydrogen-bond acceptors (Lipinski definition) is 8. The van der Waals surface area contributed by atoms with E-state index in [2.05, 4.69) is 5.53 Å². The van der Waals surface area contributed by atoms with E-state index >= 15 is 0 Å². The first-order valence-electron chi connectivity index (χ1n) is 7.08. The van der Waals surface area contributed by atoms with Crippen molar-refractivity contribution in [2.24, 2.45) is 0 Å². The number of aliphatic hydroxyl groups is 2. The first kappa shape index (κ1) is 15.9. The fourth-order valence-corrected chi connectivity index (χ4v) is 2.88. The number of ether oxygens (including phenoxy) is 2. The van der Waals surface area contributed by atoms with E-state index in [0.29, 0.717) is 16.9 Å². The van der Waals surface area contributed by atoms with Gasteiger partial charge >= 0.3 is 5.97 Å². The van der Waals surface area contributed by atoms with E-state index in [-0.39, 0.29) is 0 Å². The van der Waals surface area contributed by atoms with Crippen LogP contribution in [0.3, 0.4) is 0 Å². The Bertz CT molecular complexity index is 616. The van der Waals surface area contributed by atoms with Gasteiger partial charge in [-0.3, -0.25) is 10.0 Å². The summed E-state index contributed by atoms with van der Waals surface area (Å²) in [6.07, 6.45) is -5.29. The van der Waals surface area contributed by atoms with Crippen molar-refractivity contribution in [1.29, 1.82) is 0 Å². The summed E-state index contributed by atoms with van der Waals surface area (Å²) in [5.41, 5.74) is 4.28. The van der Waals surface area contributed by atoms with Crippen LogP contribution < -0.4 is 15.6 Å². The Morgan fingerprint density at radius 2 is 2.26 bits per heavy atom. The lowest BCUT2D eigenvalue weighted by Gasteiger charge is -2.28. The van der Waals surface area contributed by atoms with Crippen LogP contribution >= 0.6 is 0 Å². The molecule has 1 aromatic carbocycles. The zero-order chi connectivity index (χ0) is 16.7. The van der Waals surface area contributed by atoms with E-state index in [1.807, 2.05) is 0 Å². The van der Waals surface area contributed by atoms with Gasteiger partial charge in [0.05, 0.1) is 30.7 Å². The van der Waals surface area contributed by atoms with Crippen molar-refractivity contribution in [3.8, 4) is 0 Å². The van der Waals surface area contributed by atoms with Gasteiger partial charge in [-0.05, 0) is 12.1 Å². The summed E-state index contributed by atoms with van der Waals surface area (Å²) in [6.45, 7) is -0.534. The number of hydrazine groups is 2. The number of benzene rings is 1. The van der Waals surface area contributed by atoms with E-state index < -0.39 is 37.2 Å². The van der Waals surface area contributed by atoms with Gasteiger partial charge in [0.15, 0.2) is 12.4 Å². The average molecular weight is 327 g/mol. The Labute approximate surface area is 131 Å². The summed E-state index contributed by atoms with van der Waals surface area (Å²) in [5.74, 6) is -0.512. The molecule has 9 heteroatoms. The van der Waals surface area contributed by atoms with Crippen LogP contribution in [0, 0.1) is 0 Å². The van der Waals surface area contributed by atoms with Gasteiger partial charge in [-0.1, -0.05) is 6.07 Å². The Morgan fingerprint density at radius 1 is 1.52 bits per heavy atom. The molecule has 2 aliphatic heterocycles. The van der Waals surface area contributed by atoms with Gasteiger partial charge in [0, 0.05) is 7.05 Å². The quantitative estimate of drug-likeness (QED) is 0.644. The Kier molecular flexibility index (Phi) is 4.11. The second-order valence-corrected chi connectivity index (χ2v) is 5.38. The lowest BCUT2D eigenvalue weighted by Crippen LogP contribution is -2.52. The SMILES string of the molecule is COC(=O)c1cccc2c1N(C)NN2[C@@H]1O[C@H](CO)[C@@H](F)[C@H]1O. The number of alkyl halides is 1. The van der Waals surface area contributed by atoms with E-state index in [1.165, 1.54) is 12.1 Å². The first-order valence-corrected chi connectivity index (χ1v) is 7.08. The molecule has 1 saturated heterocycles. The fourth-order valence-electron chi connectivity index (χ4n) is 2.88. The molecule has 2 aliphatic rings. The number of aliphatic hydroxyl groups excluding tert-OH is 2. The standard InChI is InChI=1S/C14H18FN3O5/c1-17-11-7(14(21)22-2)4-3-5-8(11)18(16-17)13-12(20)10(15)9(6-19)23-13/h3-5,9-10,12-13,16,19-20H,6H2,1-2H3/t9-,10-,12-,13-/m1/s1. The summed E-state index contributed by atoms with van der Waals surface area (Å²) < 4.78 is 24.1. The van der Waals surface area contributed by atoms with Gasteiger partial charge in [0.1, 0.15) is 12.2 Å². The molecule has 23 heavy (non-hydrogen) atoms. The minimum Gasteiger partial charge on any atom is -0.465 e. The third-order valence-electron chi connectivity index (χ3n) is 3.99. The van der Waals surface area contributed by atoms with E-state index in [4.69, 9.17) is 14.6 Å². The number of para-hydroxylation sites is 1. The normalized spacial score (nSPS) is 29.8. The molecule has 0 spiro atoms. The minimum absolute atomic E-state index is 0.325. The molecule has 8 nitrogen and oxygen atoms in total. The molecule has 1 aromatic rings. The molecule has 0 aliphatic carbocycles. The van der Waals surface area contributed by atoms with Crippen molar-refractivity contribution >= 4 is 17.3 Å². The van der Waals surface area contributed by atoms with Crippen molar-refractivity contribution < 1.29 is 28.9 Å². The summed E-state index contributed by atoms with van der Waals surface area (Å²) >= 11 is 0. The van der Waals surface area contributed by atoms with Gasteiger partial charge < -0.3 is 19.7 Å². The van der Waals surface area contributed by atoms with Crippen LogP contribution in [0.2, 0.25) is 0 Å². The van der Waals surface area contributed by atoms with Crippen LogP contribution in [0.25, 0.3) is 0 Å².